The fraction of sp³-hybridized carbons (Fsp3) is 0.933. The molecule has 7 heteroatoms. The first-order valence-corrected chi connectivity index (χ1v) is 7.94. The number of carbonyl (C=O) groups excluding carboxylic acids is 1. The Labute approximate surface area is 132 Å². The van der Waals surface area contributed by atoms with E-state index >= 15 is 0 Å². The largest absolute Gasteiger partial charge is 0.396 e. The van der Waals surface area contributed by atoms with Gasteiger partial charge in [0.15, 0.2) is 0 Å². The smallest absolute Gasteiger partial charge is 0.315 e. The van der Waals surface area contributed by atoms with E-state index in [9.17, 15) is 9.90 Å². The van der Waals surface area contributed by atoms with Gasteiger partial charge in [-0.05, 0) is 26.2 Å². The summed E-state index contributed by atoms with van der Waals surface area (Å²) in [5.41, 5.74) is -0.0940. The molecular formula is C15H30N2O5. The average molecular weight is 318 g/mol. The number of carbonyl (C=O) groups is 1. The Morgan fingerprint density at radius 3 is 2.41 bits per heavy atom. The summed E-state index contributed by atoms with van der Waals surface area (Å²) in [4.78, 5) is 11.7. The predicted molar refractivity (Wildman–Crippen MR) is 82.9 cm³/mol. The molecule has 0 spiro atoms. The Kier molecular flexibility index (Phi) is 9.38. The molecule has 0 heterocycles. The van der Waals surface area contributed by atoms with Crippen molar-refractivity contribution in [1.29, 1.82) is 0 Å². The van der Waals surface area contributed by atoms with E-state index in [-0.39, 0.29) is 24.1 Å². The Morgan fingerprint density at radius 2 is 1.82 bits per heavy atom. The van der Waals surface area contributed by atoms with Crippen molar-refractivity contribution < 1.29 is 24.1 Å². The number of aliphatic hydroxyl groups is 1. The molecule has 1 fully saturated rings. The third kappa shape index (κ3) is 7.40. The molecule has 0 aromatic carbocycles. The van der Waals surface area contributed by atoms with Crippen LogP contribution in [0, 0.1) is 5.41 Å². The molecule has 130 valence electrons. The molecule has 0 saturated heterocycles. The second-order valence-corrected chi connectivity index (χ2v) is 5.71. The Morgan fingerprint density at radius 1 is 1.18 bits per heavy atom. The second-order valence-electron chi connectivity index (χ2n) is 5.71. The summed E-state index contributed by atoms with van der Waals surface area (Å²) in [6.45, 7) is 5.50. The van der Waals surface area contributed by atoms with Gasteiger partial charge in [-0.25, -0.2) is 4.79 Å². The van der Waals surface area contributed by atoms with E-state index in [1.807, 2.05) is 6.92 Å². The molecule has 0 unspecified atom stereocenters. The molecule has 1 aliphatic rings. The summed E-state index contributed by atoms with van der Waals surface area (Å²) in [7, 11) is 1.64. The van der Waals surface area contributed by atoms with E-state index < -0.39 is 0 Å². The van der Waals surface area contributed by atoms with Gasteiger partial charge in [0.05, 0.1) is 33.0 Å². The molecule has 0 aromatic heterocycles. The molecule has 3 N–H and O–H groups in total. The van der Waals surface area contributed by atoms with Crippen molar-refractivity contribution in [3.05, 3.63) is 0 Å². The third-order valence-corrected chi connectivity index (χ3v) is 4.03. The second kappa shape index (κ2) is 10.8. The normalized spacial score (nSPS) is 17.0. The number of hydrogen-bond acceptors (Lipinski definition) is 5. The Balaban J connectivity index is 1.89. The minimum atomic E-state index is -0.185. The summed E-state index contributed by atoms with van der Waals surface area (Å²) < 4.78 is 15.5. The highest BCUT2D eigenvalue weighted by atomic mass is 16.5. The summed E-state index contributed by atoms with van der Waals surface area (Å²) in [5, 5.41) is 15.0. The zero-order valence-electron chi connectivity index (χ0n) is 13.7. The van der Waals surface area contributed by atoms with Crippen LogP contribution in [-0.2, 0) is 14.2 Å². The number of hydrogen-bond donors (Lipinski definition) is 3. The first kappa shape index (κ1) is 19.2. The molecular weight excluding hydrogens is 288 g/mol. The topological polar surface area (TPSA) is 89.0 Å². The van der Waals surface area contributed by atoms with Gasteiger partial charge >= 0.3 is 6.03 Å². The van der Waals surface area contributed by atoms with Crippen LogP contribution in [0.5, 0.6) is 0 Å². The zero-order chi connectivity index (χ0) is 16.3. The van der Waals surface area contributed by atoms with E-state index in [0.29, 0.717) is 39.6 Å². The van der Waals surface area contributed by atoms with Crippen LogP contribution in [0.3, 0.4) is 0 Å². The van der Waals surface area contributed by atoms with Gasteiger partial charge < -0.3 is 30.0 Å². The molecule has 0 aliphatic heterocycles. The van der Waals surface area contributed by atoms with E-state index in [1.165, 1.54) is 0 Å². The van der Waals surface area contributed by atoms with Crippen molar-refractivity contribution >= 4 is 6.03 Å². The van der Waals surface area contributed by atoms with Crippen LogP contribution in [0.15, 0.2) is 0 Å². The Hall–Kier alpha value is -0.890. The van der Waals surface area contributed by atoms with Crippen molar-refractivity contribution in [3.8, 4) is 0 Å². The molecule has 22 heavy (non-hydrogen) atoms. The van der Waals surface area contributed by atoms with Crippen LogP contribution in [0.25, 0.3) is 0 Å². The van der Waals surface area contributed by atoms with E-state index in [0.717, 1.165) is 19.3 Å². The maximum atomic E-state index is 11.7. The van der Waals surface area contributed by atoms with E-state index in [4.69, 9.17) is 14.2 Å². The molecule has 1 atom stereocenters. The molecule has 0 bridgehead atoms. The fourth-order valence-electron chi connectivity index (χ4n) is 2.13. The number of nitrogens with one attached hydrogen (secondary N) is 2. The molecule has 1 saturated carbocycles. The van der Waals surface area contributed by atoms with Gasteiger partial charge in [0.2, 0.25) is 0 Å². The maximum absolute atomic E-state index is 11.7. The van der Waals surface area contributed by atoms with Gasteiger partial charge in [-0.1, -0.05) is 0 Å². The SMILES string of the molecule is COCCOCCOCCCNC(=O)N[C@@H](C)C1(CO)CC1. The van der Waals surface area contributed by atoms with Crippen molar-refractivity contribution in [2.45, 2.75) is 32.2 Å². The van der Waals surface area contributed by atoms with E-state index in [2.05, 4.69) is 10.6 Å². The molecule has 1 aliphatic carbocycles. The summed E-state index contributed by atoms with van der Waals surface area (Å²) in [6.07, 6.45) is 2.71. The number of rotatable bonds is 13. The fourth-order valence-corrected chi connectivity index (χ4v) is 2.13. The van der Waals surface area contributed by atoms with Gasteiger partial charge in [-0.15, -0.1) is 0 Å². The number of amides is 2. The van der Waals surface area contributed by atoms with Gasteiger partial charge in [0, 0.05) is 31.7 Å². The van der Waals surface area contributed by atoms with Crippen molar-refractivity contribution in [3.63, 3.8) is 0 Å². The molecule has 1 rings (SSSR count). The lowest BCUT2D eigenvalue weighted by molar-refractivity contribution is 0.0244. The lowest BCUT2D eigenvalue weighted by Gasteiger charge is -2.22. The maximum Gasteiger partial charge on any atom is 0.315 e. The lowest BCUT2D eigenvalue weighted by Crippen LogP contribution is -2.46. The first-order chi connectivity index (χ1) is 10.6. The lowest BCUT2D eigenvalue weighted by atomic mass is 9.99. The summed E-state index contributed by atoms with van der Waals surface area (Å²) in [6, 6.07) is -0.187. The predicted octanol–water partition coefficient (Wildman–Crippen LogP) is 0.516. The van der Waals surface area contributed by atoms with Gasteiger partial charge in [0.1, 0.15) is 0 Å². The number of ether oxygens (including phenoxy) is 3. The minimum absolute atomic E-state index is 0.00185. The van der Waals surface area contributed by atoms with Crippen LogP contribution in [0.1, 0.15) is 26.2 Å². The quantitative estimate of drug-likeness (QED) is 0.431. The minimum Gasteiger partial charge on any atom is -0.396 e. The molecule has 0 aromatic rings. The van der Waals surface area contributed by atoms with Crippen LogP contribution < -0.4 is 10.6 Å². The van der Waals surface area contributed by atoms with Crippen LogP contribution >= 0.6 is 0 Å². The van der Waals surface area contributed by atoms with Gasteiger partial charge in [-0.2, -0.15) is 0 Å². The molecule has 7 nitrogen and oxygen atoms in total. The standard InChI is InChI=1S/C15H30N2O5/c1-13(15(12-18)4-5-15)17-14(19)16-6-3-7-21-10-11-22-9-8-20-2/h13,18H,3-12H2,1-2H3,(H2,16,17,19)/t13-/m0/s1. The van der Waals surface area contributed by atoms with Crippen molar-refractivity contribution in [1.82, 2.24) is 10.6 Å². The number of aliphatic hydroxyl groups excluding tert-OH is 1. The van der Waals surface area contributed by atoms with Crippen LogP contribution in [-0.4, -0.2) is 70.5 Å². The first-order valence-electron chi connectivity index (χ1n) is 7.94. The third-order valence-electron chi connectivity index (χ3n) is 4.03. The summed E-state index contributed by atoms with van der Waals surface area (Å²) in [5.74, 6) is 0. The highest BCUT2D eigenvalue weighted by Crippen LogP contribution is 2.47. The van der Waals surface area contributed by atoms with Crippen LogP contribution in [0.4, 0.5) is 4.79 Å². The highest BCUT2D eigenvalue weighted by molar-refractivity contribution is 5.74. The van der Waals surface area contributed by atoms with Crippen LogP contribution in [0.2, 0.25) is 0 Å². The summed E-state index contributed by atoms with van der Waals surface area (Å²) >= 11 is 0. The van der Waals surface area contributed by atoms with E-state index in [1.54, 1.807) is 7.11 Å². The van der Waals surface area contributed by atoms with Gasteiger partial charge in [-0.3, -0.25) is 0 Å². The van der Waals surface area contributed by atoms with Crippen molar-refractivity contribution in [2.24, 2.45) is 5.41 Å². The molecule has 2 amide bonds. The van der Waals surface area contributed by atoms with Gasteiger partial charge in [0.25, 0.3) is 0 Å². The molecule has 0 radical (unpaired) electrons. The number of methoxy groups -OCH3 is 1. The average Bonchev–Trinajstić information content (AvgIpc) is 3.30. The highest BCUT2D eigenvalue weighted by Gasteiger charge is 2.47. The number of urea groups is 1. The van der Waals surface area contributed by atoms with Crippen molar-refractivity contribution in [2.75, 3.05) is 53.3 Å². The Bertz CT molecular complexity index is 310. The monoisotopic (exact) mass is 318 g/mol. The zero-order valence-corrected chi connectivity index (χ0v) is 13.7.